The number of pyridine rings is 1. The third-order valence-corrected chi connectivity index (χ3v) is 4.29. The van der Waals surface area contributed by atoms with Crippen LogP contribution in [0.25, 0.3) is 5.57 Å². The monoisotopic (exact) mass is 339 g/mol. The highest BCUT2D eigenvalue weighted by Gasteiger charge is 2.19. The summed E-state index contributed by atoms with van der Waals surface area (Å²) < 4.78 is 16.9. The zero-order valence-corrected chi connectivity index (χ0v) is 14.5. The molecule has 1 aromatic heterocycles. The minimum Gasteiger partial charge on any atom is -0.488 e. The first-order valence-electron chi connectivity index (χ1n) is 8.20. The molecular formula is C20H21NO4. The molecule has 5 heteroatoms. The van der Waals surface area contributed by atoms with Crippen molar-refractivity contribution in [3.05, 3.63) is 58.8 Å². The van der Waals surface area contributed by atoms with Crippen LogP contribution < -0.4 is 9.47 Å². The first kappa shape index (κ1) is 17.2. The first-order chi connectivity index (χ1) is 12.2. The van der Waals surface area contributed by atoms with Gasteiger partial charge in [-0.2, -0.15) is 0 Å². The molecule has 0 saturated carbocycles. The van der Waals surface area contributed by atoms with E-state index in [1.165, 1.54) is 0 Å². The van der Waals surface area contributed by atoms with Crippen LogP contribution in [0.4, 0.5) is 0 Å². The van der Waals surface area contributed by atoms with E-state index in [1.54, 1.807) is 13.3 Å². The number of rotatable bonds is 6. The quantitative estimate of drug-likeness (QED) is 0.754. The summed E-state index contributed by atoms with van der Waals surface area (Å²) in [4.78, 5) is 15.6. The summed E-state index contributed by atoms with van der Waals surface area (Å²) in [5.41, 5.74) is 4.62. The van der Waals surface area contributed by atoms with Crippen LogP contribution in [0.5, 0.6) is 11.6 Å². The summed E-state index contributed by atoms with van der Waals surface area (Å²) in [5.74, 6) is 1.19. The van der Waals surface area contributed by atoms with Gasteiger partial charge in [-0.25, -0.2) is 4.98 Å². The first-order valence-corrected chi connectivity index (χ1v) is 8.20. The lowest BCUT2D eigenvalue weighted by Crippen LogP contribution is -2.17. The van der Waals surface area contributed by atoms with E-state index in [4.69, 9.17) is 14.2 Å². The van der Waals surface area contributed by atoms with Crippen molar-refractivity contribution >= 4 is 11.9 Å². The van der Waals surface area contributed by atoms with Crippen molar-refractivity contribution in [1.82, 2.24) is 4.98 Å². The van der Waals surface area contributed by atoms with E-state index in [-0.39, 0.29) is 0 Å². The second-order valence-electron chi connectivity index (χ2n) is 5.84. The van der Waals surface area contributed by atoms with Crippen LogP contribution >= 0.6 is 0 Å². The van der Waals surface area contributed by atoms with Gasteiger partial charge in [0.05, 0.1) is 25.9 Å². The molecule has 2 aromatic rings. The number of carbonyl (C=O) groups is 1. The molecule has 0 fully saturated rings. The van der Waals surface area contributed by atoms with E-state index in [2.05, 4.69) is 4.98 Å². The molecule has 0 N–H and O–H groups in total. The lowest BCUT2D eigenvalue weighted by Gasteiger charge is -2.22. The molecule has 3 rings (SSSR count). The second-order valence-corrected chi connectivity index (χ2v) is 5.84. The van der Waals surface area contributed by atoms with Gasteiger partial charge in [0.25, 0.3) is 0 Å². The highest BCUT2D eigenvalue weighted by molar-refractivity contribution is 5.81. The fourth-order valence-electron chi connectivity index (χ4n) is 2.97. The van der Waals surface area contributed by atoms with Crippen molar-refractivity contribution in [2.75, 3.05) is 26.9 Å². The van der Waals surface area contributed by atoms with Crippen molar-refractivity contribution < 1.29 is 19.0 Å². The molecule has 130 valence electrons. The van der Waals surface area contributed by atoms with Crippen LogP contribution in [0.1, 0.15) is 27.9 Å². The minimum absolute atomic E-state index is 0.359. The number of hydrogen-bond acceptors (Lipinski definition) is 5. The molecule has 0 unspecified atom stereocenters. The number of benzene rings is 1. The molecule has 1 aromatic carbocycles. The van der Waals surface area contributed by atoms with Crippen molar-refractivity contribution in [2.24, 2.45) is 0 Å². The molecule has 1 aliphatic heterocycles. The smallest absolute Gasteiger partial charge is 0.220 e. The van der Waals surface area contributed by atoms with Gasteiger partial charge in [0.2, 0.25) is 5.88 Å². The Morgan fingerprint density at radius 1 is 1.28 bits per heavy atom. The fraction of sp³-hybridized carbons (Fsp3) is 0.300. The Bertz CT molecular complexity index is 798. The summed E-state index contributed by atoms with van der Waals surface area (Å²) in [7, 11) is 1.62. The number of aromatic nitrogens is 1. The Kier molecular flexibility index (Phi) is 5.46. The largest absolute Gasteiger partial charge is 0.488 e. The molecule has 5 nitrogen and oxygen atoms in total. The summed E-state index contributed by atoms with van der Waals surface area (Å²) in [6.07, 6.45) is 3.32. The van der Waals surface area contributed by atoms with E-state index in [0.717, 1.165) is 35.0 Å². The fourth-order valence-corrected chi connectivity index (χ4v) is 2.97. The van der Waals surface area contributed by atoms with E-state index in [9.17, 15) is 4.79 Å². The highest BCUT2D eigenvalue weighted by Crippen LogP contribution is 2.32. The number of hydrogen-bond donors (Lipinski definition) is 0. The molecular weight excluding hydrogens is 318 g/mol. The van der Waals surface area contributed by atoms with E-state index in [0.29, 0.717) is 37.0 Å². The van der Waals surface area contributed by atoms with Crippen LogP contribution in [0.2, 0.25) is 0 Å². The molecule has 1 aliphatic rings. The summed E-state index contributed by atoms with van der Waals surface area (Å²) >= 11 is 0. The van der Waals surface area contributed by atoms with Crippen LogP contribution in [-0.2, 0) is 4.74 Å². The Labute approximate surface area is 147 Å². The van der Waals surface area contributed by atoms with Gasteiger partial charge in [0.15, 0.2) is 6.29 Å². The lowest BCUT2D eigenvalue weighted by molar-refractivity contribution is 0.111. The molecule has 0 saturated heterocycles. The van der Waals surface area contributed by atoms with Gasteiger partial charge < -0.3 is 14.2 Å². The van der Waals surface area contributed by atoms with E-state index >= 15 is 0 Å². The molecule has 0 aliphatic carbocycles. The van der Waals surface area contributed by atoms with Crippen molar-refractivity contribution in [3.8, 4) is 11.6 Å². The number of aryl methyl sites for hydroxylation is 1. The maximum absolute atomic E-state index is 11.3. The number of ether oxygens (including phenoxy) is 3. The Hall–Kier alpha value is -2.66. The van der Waals surface area contributed by atoms with Gasteiger partial charge in [-0.15, -0.1) is 0 Å². The topological polar surface area (TPSA) is 57.7 Å². The Balaban J connectivity index is 1.90. The molecule has 0 spiro atoms. The standard InChI is InChI=1S/C20H21NO4/c1-14-5-3-7-19(18(14)11-22)25-13-15-12-24-10-8-16(15)17-6-4-9-21-20(17)23-2/h3-7,9,11H,8,10,12-13H2,1-2H3. The summed E-state index contributed by atoms with van der Waals surface area (Å²) in [6, 6.07) is 9.48. The van der Waals surface area contributed by atoms with Crippen LogP contribution in [0.3, 0.4) is 0 Å². The third kappa shape index (κ3) is 3.72. The third-order valence-electron chi connectivity index (χ3n) is 4.29. The van der Waals surface area contributed by atoms with Crippen LogP contribution in [0.15, 0.2) is 42.1 Å². The molecule has 0 bridgehead atoms. The maximum Gasteiger partial charge on any atom is 0.220 e. The normalized spacial score (nSPS) is 14.3. The maximum atomic E-state index is 11.3. The zero-order chi connectivity index (χ0) is 17.6. The van der Waals surface area contributed by atoms with Gasteiger partial charge in [0, 0.05) is 11.8 Å². The number of aldehydes is 1. The zero-order valence-electron chi connectivity index (χ0n) is 14.5. The molecule has 0 radical (unpaired) electrons. The van der Waals surface area contributed by atoms with Gasteiger partial charge in [-0.3, -0.25) is 4.79 Å². The molecule has 25 heavy (non-hydrogen) atoms. The SMILES string of the molecule is COc1ncccc1C1=C(COc2cccc(C)c2C=O)COCC1. The van der Waals surface area contributed by atoms with Gasteiger partial charge in [-0.05, 0) is 48.3 Å². The van der Waals surface area contributed by atoms with E-state index < -0.39 is 0 Å². The second kappa shape index (κ2) is 7.94. The predicted octanol–water partition coefficient (Wildman–Crippen LogP) is 3.46. The molecule has 0 amide bonds. The van der Waals surface area contributed by atoms with Crippen LogP contribution in [0, 0.1) is 6.92 Å². The van der Waals surface area contributed by atoms with Crippen molar-refractivity contribution in [1.29, 1.82) is 0 Å². The summed E-state index contributed by atoms with van der Waals surface area (Å²) in [6.45, 7) is 3.40. The van der Waals surface area contributed by atoms with Gasteiger partial charge in [-0.1, -0.05) is 12.1 Å². The predicted molar refractivity (Wildman–Crippen MR) is 95.2 cm³/mol. The molecule has 0 atom stereocenters. The number of methoxy groups -OCH3 is 1. The number of nitrogens with zero attached hydrogens (tertiary/aromatic N) is 1. The Morgan fingerprint density at radius 2 is 2.16 bits per heavy atom. The van der Waals surface area contributed by atoms with Crippen molar-refractivity contribution in [2.45, 2.75) is 13.3 Å². The summed E-state index contributed by atoms with van der Waals surface area (Å²) in [5, 5.41) is 0. The minimum atomic E-state index is 0.359. The Morgan fingerprint density at radius 3 is 2.96 bits per heavy atom. The average Bonchev–Trinajstić information content (AvgIpc) is 2.66. The van der Waals surface area contributed by atoms with Crippen molar-refractivity contribution in [3.63, 3.8) is 0 Å². The highest BCUT2D eigenvalue weighted by atomic mass is 16.5. The number of carbonyl (C=O) groups excluding carboxylic acids is 1. The van der Waals surface area contributed by atoms with E-state index in [1.807, 2.05) is 37.3 Å². The van der Waals surface area contributed by atoms with Crippen LogP contribution in [-0.4, -0.2) is 38.2 Å². The average molecular weight is 339 g/mol. The molecule has 2 heterocycles. The lowest BCUT2D eigenvalue weighted by atomic mass is 9.97. The van der Waals surface area contributed by atoms with Gasteiger partial charge in [0.1, 0.15) is 12.4 Å². The van der Waals surface area contributed by atoms with Gasteiger partial charge >= 0.3 is 0 Å².